The van der Waals surface area contributed by atoms with Crippen molar-refractivity contribution in [1.82, 2.24) is 4.57 Å². The van der Waals surface area contributed by atoms with Crippen LogP contribution in [0.25, 0.3) is 60.9 Å². The van der Waals surface area contributed by atoms with Gasteiger partial charge in [-0.3, -0.25) is 0 Å². The largest absolute Gasteiger partial charge is 0.310 e. The standard InChI is InChI=1S/C59H46N2/c1-2-12-44(13-3-1)46-14-8-15-47(34-46)49-17-10-19-52(36-49)60(54-21-11-18-50(37-54)59-38-41-26-27-42(39-59)33-43(32-41)40-59)51-30-28-45(29-31-51)48-16-9-20-53(35-48)61-57-24-6-4-22-55(57)56-23-5-7-25-58(56)61/h1-25,28-31,34-37,41-43H,32-33,38-40H2/t41-,42-,43?,59?/m0/s1. The molecule has 61 heavy (non-hydrogen) atoms. The number of anilines is 3. The average molecular weight is 783 g/mol. The van der Waals surface area contributed by atoms with Crippen LogP contribution in [0.5, 0.6) is 0 Å². The van der Waals surface area contributed by atoms with Crippen molar-refractivity contribution in [3.05, 3.63) is 206 Å². The molecule has 1 heterocycles. The van der Waals surface area contributed by atoms with Crippen molar-refractivity contribution < 1.29 is 0 Å². The predicted molar refractivity (Wildman–Crippen MR) is 255 cm³/mol. The molecule has 4 aliphatic carbocycles. The molecule has 0 aliphatic heterocycles. The van der Waals surface area contributed by atoms with E-state index < -0.39 is 0 Å². The van der Waals surface area contributed by atoms with Crippen molar-refractivity contribution in [2.75, 3.05) is 4.90 Å². The SMILES string of the molecule is C1#C[C@H]2CC3C[C@H]1CC(c1cccc(N(c4ccc(-c5cccc(-n6c7ccccc7c7ccccc76)c5)cc4)c4cccc(-c5cccc(-c6ccccc6)c5)c4)c1)(C3)C2. The highest BCUT2D eigenvalue weighted by Gasteiger charge is 2.48. The maximum atomic E-state index is 3.71. The molecule has 13 rings (SSSR count). The fourth-order valence-electron chi connectivity index (χ4n) is 11.4. The molecule has 4 bridgehead atoms. The van der Waals surface area contributed by atoms with Crippen LogP contribution < -0.4 is 4.90 Å². The summed E-state index contributed by atoms with van der Waals surface area (Å²) < 4.78 is 2.40. The monoisotopic (exact) mass is 782 g/mol. The third-order valence-electron chi connectivity index (χ3n) is 13.9. The first kappa shape index (κ1) is 35.8. The molecule has 0 saturated heterocycles. The molecule has 2 heteroatoms. The van der Waals surface area contributed by atoms with Gasteiger partial charge in [0.1, 0.15) is 0 Å². The Morgan fingerprint density at radius 3 is 1.64 bits per heavy atom. The Balaban J connectivity index is 0.947. The molecule has 292 valence electrons. The highest BCUT2D eigenvalue weighted by atomic mass is 15.1. The summed E-state index contributed by atoms with van der Waals surface area (Å²) in [5.41, 5.74) is 16.0. The lowest BCUT2D eigenvalue weighted by atomic mass is 9.55. The molecule has 2 atom stereocenters. The van der Waals surface area contributed by atoms with E-state index in [-0.39, 0.29) is 5.41 Å². The van der Waals surface area contributed by atoms with Crippen LogP contribution in [0.4, 0.5) is 17.1 Å². The van der Waals surface area contributed by atoms with E-state index >= 15 is 0 Å². The van der Waals surface area contributed by atoms with Crippen molar-refractivity contribution in [2.45, 2.75) is 37.5 Å². The first-order valence-electron chi connectivity index (χ1n) is 22.0. The van der Waals surface area contributed by atoms with E-state index in [4.69, 9.17) is 0 Å². The number of hydrogen-bond acceptors (Lipinski definition) is 1. The van der Waals surface area contributed by atoms with Gasteiger partial charge in [-0.15, -0.1) is 0 Å². The molecule has 0 unspecified atom stereocenters. The molecule has 0 radical (unpaired) electrons. The summed E-state index contributed by atoms with van der Waals surface area (Å²) in [5, 5.41) is 2.55. The van der Waals surface area contributed by atoms with Gasteiger partial charge in [0.05, 0.1) is 11.0 Å². The predicted octanol–water partition coefficient (Wildman–Crippen LogP) is 15.3. The molecule has 0 N–H and O–H groups in total. The molecule has 4 aliphatic rings. The number of rotatable bonds is 8. The van der Waals surface area contributed by atoms with E-state index in [1.807, 2.05) is 0 Å². The van der Waals surface area contributed by atoms with E-state index in [2.05, 4.69) is 221 Å². The van der Waals surface area contributed by atoms with Crippen LogP contribution in [0.1, 0.15) is 37.7 Å². The Labute approximate surface area is 358 Å². The third kappa shape index (κ3) is 6.36. The number of hydrogen-bond donors (Lipinski definition) is 0. The lowest BCUT2D eigenvalue weighted by molar-refractivity contribution is 0.109. The fraction of sp³-hybridized carbons (Fsp3) is 0.153. The van der Waals surface area contributed by atoms with Crippen LogP contribution >= 0.6 is 0 Å². The quantitative estimate of drug-likeness (QED) is 0.139. The van der Waals surface area contributed by atoms with Gasteiger partial charge in [-0.25, -0.2) is 0 Å². The number of nitrogens with zero attached hydrogens (tertiary/aromatic N) is 2. The Hall–Kier alpha value is -7.08. The minimum Gasteiger partial charge on any atom is -0.310 e. The van der Waals surface area contributed by atoms with E-state index in [0.29, 0.717) is 11.8 Å². The lowest BCUT2D eigenvalue weighted by Crippen LogP contribution is -2.41. The van der Waals surface area contributed by atoms with Crippen LogP contribution in [0.15, 0.2) is 200 Å². The van der Waals surface area contributed by atoms with Crippen molar-refractivity contribution in [2.24, 2.45) is 17.8 Å². The van der Waals surface area contributed by atoms with Crippen molar-refractivity contribution >= 4 is 38.9 Å². The van der Waals surface area contributed by atoms with E-state index in [9.17, 15) is 0 Å². The zero-order chi connectivity index (χ0) is 40.3. The van der Waals surface area contributed by atoms with Gasteiger partial charge in [-0.1, -0.05) is 145 Å². The summed E-state index contributed by atoms with van der Waals surface area (Å²) in [4.78, 5) is 2.47. The maximum Gasteiger partial charge on any atom is 0.0541 e. The van der Waals surface area contributed by atoms with E-state index in [1.165, 1.54) is 98.5 Å². The molecular weight excluding hydrogens is 737 g/mol. The molecular formula is C59H46N2. The topological polar surface area (TPSA) is 8.17 Å². The number of fused-ring (bicyclic) bond motifs is 3. The van der Waals surface area contributed by atoms with Crippen molar-refractivity contribution in [3.8, 4) is 50.9 Å². The first-order chi connectivity index (χ1) is 30.1. The second-order valence-electron chi connectivity index (χ2n) is 17.8. The van der Waals surface area contributed by atoms with Crippen LogP contribution in [0.3, 0.4) is 0 Å². The third-order valence-corrected chi connectivity index (χ3v) is 13.9. The van der Waals surface area contributed by atoms with Crippen molar-refractivity contribution in [3.63, 3.8) is 0 Å². The summed E-state index contributed by atoms with van der Waals surface area (Å²) in [5.74, 6) is 9.23. The molecule has 0 amide bonds. The lowest BCUT2D eigenvalue weighted by Gasteiger charge is -2.48. The number of benzene rings is 8. The zero-order valence-electron chi connectivity index (χ0n) is 34.2. The molecule has 9 aromatic rings. The van der Waals surface area contributed by atoms with Gasteiger partial charge in [0, 0.05) is 45.4 Å². The average Bonchev–Trinajstić information content (AvgIpc) is 3.50. The minimum absolute atomic E-state index is 0.180. The second kappa shape index (κ2) is 14.6. The summed E-state index contributed by atoms with van der Waals surface area (Å²) in [7, 11) is 0. The summed E-state index contributed by atoms with van der Waals surface area (Å²) in [6.45, 7) is 0. The van der Waals surface area contributed by atoms with Gasteiger partial charge in [0.25, 0.3) is 0 Å². The molecule has 1 aromatic heterocycles. The van der Waals surface area contributed by atoms with Gasteiger partial charge in [0.2, 0.25) is 0 Å². The Bertz CT molecular complexity index is 3090. The highest BCUT2D eigenvalue weighted by molar-refractivity contribution is 6.09. The highest BCUT2D eigenvalue weighted by Crippen LogP contribution is 2.56. The minimum atomic E-state index is 0.180. The molecule has 2 saturated carbocycles. The second-order valence-corrected chi connectivity index (χ2v) is 17.8. The Morgan fingerprint density at radius 1 is 0.410 bits per heavy atom. The number of para-hydroxylation sites is 2. The van der Waals surface area contributed by atoms with E-state index in [1.54, 1.807) is 0 Å². The molecule has 2 fully saturated rings. The van der Waals surface area contributed by atoms with Gasteiger partial charge < -0.3 is 9.47 Å². The van der Waals surface area contributed by atoms with Crippen LogP contribution in [0, 0.1) is 29.6 Å². The van der Waals surface area contributed by atoms with Gasteiger partial charge in [-0.2, -0.15) is 0 Å². The first-order valence-corrected chi connectivity index (χ1v) is 22.0. The van der Waals surface area contributed by atoms with Crippen LogP contribution in [-0.2, 0) is 5.41 Å². The smallest absolute Gasteiger partial charge is 0.0541 e. The van der Waals surface area contributed by atoms with Gasteiger partial charge >= 0.3 is 0 Å². The molecule has 2 nitrogen and oxygen atoms in total. The molecule has 0 spiro atoms. The summed E-state index contributed by atoms with van der Waals surface area (Å²) in [6, 6.07) is 73.9. The normalized spacial score (nSPS) is 20.0. The van der Waals surface area contributed by atoms with Gasteiger partial charge in [0.15, 0.2) is 0 Å². The molecule has 8 aromatic carbocycles. The van der Waals surface area contributed by atoms with E-state index in [0.717, 1.165) is 23.0 Å². The fourth-order valence-corrected chi connectivity index (χ4v) is 11.4. The summed E-state index contributed by atoms with van der Waals surface area (Å²) >= 11 is 0. The maximum absolute atomic E-state index is 3.71. The Kier molecular flexibility index (Phi) is 8.56. The summed E-state index contributed by atoms with van der Waals surface area (Å²) in [6.07, 6.45) is 6.22. The zero-order valence-corrected chi connectivity index (χ0v) is 34.2. The Morgan fingerprint density at radius 2 is 0.934 bits per heavy atom. The number of aromatic nitrogens is 1. The van der Waals surface area contributed by atoms with Crippen LogP contribution in [-0.4, -0.2) is 4.57 Å². The van der Waals surface area contributed by atoms with Crippen molar-refractivity contribution in [1.29, 1.82) is 0 Å². The van der Waals surface area contributed by atoms with Gasteiger partial charge in [-0.05, 0) is 149 Å². The van der Waals surface area contributed by atoms with Crippen LogP contribution in [0.2, 0.25) is 0 Å².